The monoisotopic (exact) mass is 187 g/mol. The van der Waals surface area contributed by atoms with E-state index in [4.69, 9.17) is 0 Å². The minimum absolute atomic E-state index is 0.0270. The van der Waals surface area contributed by atoms with Gasteiger partial charge in [-0.2, -0.15) is 5.82 Å². The first-order chi connectivity index (χ1) is 5.97. The first-order valence-electron chi connectivity index (χ1n) is 3.45. The molecule has 0 fully saturated rings. The van der Waals surface area contributed by atoms with Crippen molar-refractivity contribution >= 4 is 6.98 Å². The van der Waals surface area contributed by atoms with Crippen molar-refractivity contribution in [3.05, 3.63) is 35.6 Å². The normalized spacial score (nSPS) is 10.5. The Bertz CT molecular complexity index is 358. The Kier molecular flexibility index (Phi) is 2.62. The standard InChI is InChI=1S/C8H4BF4/c10-8-3-1-2-7(6-8)4-5-9(11,12)13/h1-3,6H/q-1. The predicted octanol–water partition coefficient (Wildman–Crippen LogP) is 2.56. The highest BCUT2D eigenvalue weighted by molar-refractivity contribution is 6.67. The van der Waals surface area contributed by atoms with Gasteiger partial charge in [0.15, 0.2) is 0 Å². The van der Waals surface area contributed by atoms with Crippen LogP contribution in [0.15, 0.2) is 24.3 Å². The van der Waals surface area contributed by atoms with Crippen molar-refractivity contribution in [3.8, 4) is 11.7 Å². The first kappa shape index (κ1) is 9.65. The highest BCUT2D eigenvalue weighted by Gasteiger charge is 2.17. The maximum absolute atomic E-state index is 12.4. The van der Waals surface area contributed by atoms with Gasteiger partial charge in [-0.3, -0.25) is 0 Å². The van der Waals surface area contributed by atoms with Crippen molar-refractivity contribution in [1.82, 2.24) is 0 Å². The number of halogens is 4. The molecular formula is C8H4BF4-. The summed E-state index contributed by atoms with van der Waals surface area (Å²) in [5, 5.41) is 0. The van der Waals surface area contributed by atoms with Crippen LogP contribution in [0.3, 0.4) is 0 Å². The van der Waals surface area contributed by atoms with Crippen molar-refractivity contribution in [1.29, 1.82) is 0 Å². The molecule has 0 bridgehead atoms. The van der Waals surface area contributed by atoms with Crippen LogP contribution in [0.1, 0.15) is 5.56 Å². The number of benzene rings is 1. The molecule has 0 heterocycles. The fourth-order valence-corrected chi connectivity index (χ4v) is 0.731. The van der Waals surface area contributed by atoms with Crippen LogP contribution in [-0.4, -0.2) is 6.98 Å². The van der Waals surface area contributed by atoms with E-state index in [-0.39, 0.29) is 5.56 Å². The zero-order valence-corrected chi connectivity index (χ0v) is 6.40. The molecule has 0 aliphatic carbocycles. The van der Waals surface area contributed by atoms with E-state index < -0.39 is 12.8 Å². The van der Waals surface area contributed by atoms with Crippen LogP contribution in [0, 0.1) is 17.6 Å². The molecule has 0 unspecified atom stereocenters. The molecule has 0 aliphatic rings. The quantitative estimate of drug-likeness (QED) is 0.332. The van der Waals surface area contributed by atoms with E-state index in [1.807, 2.05) is 5.92 Å². The Morgan fingerprint density at radius 3 is 2.38 bits per heavy atom. The van der Waals surface area contributed by atoms with Gasteiger partial charge in [0.1, 0.15) is 5.82 Å². The Morgan fingerprint density at radius 1 is 1.15 bits per heavy atom. The molecule has 0 atom stereocenters. The second-order valence-corrected chi connectivity index (χ2v) is 2.35. The molecular weight excluding hydrogens is 183 g/mol. The number of rotatable bonds is 0. The van der Waals surface area contributed by atoms with Crippen molar-refractivity contribution in [2.45, 2.75) is 0 Å². The molecule has 1 aromatic rings. The van der Waals surface area contributed by atoms with Crippen molar-refractivity contribution in [2.75, 3.05) is 0 Å². The lowest BCUT2D eigenvalue weighted by Crippen LogP contribution is -2.10. The maximum atomic E-state index is 12.4. The van der Waals surface area contributed by atoms with Gasteiger partial charge in [-0.25, -0.2) is 4.39 Å². The van der Waals surface area contributed by atoms with Gasteiger partial charge in [0.2, 0.25) is 0 Å². The highest BCUT2D eigenvalue weighted by Crippen LogP contribution is 2.07. The van der Waals surface area contributed by atoms with E-state index >= 15 is 0 Å². The van der Waals surface area contributed by atoms with Gasteiger partial charge in [-0.15, -0.1) is 5.92 Å². The summed E-state index contributed by atoms with van der Waals surface area (Å²) in [6.45, 7) is -5.12. The van der Waals surface area contributed by atoms with Crippen LogP contribution in [0.5, 0.6) is 0 Å². The van der Waals surface area contributed by atoms with E-state index in [0.717, 1.165) is 18.0 Å². The molecule has 0 saturated heterocycles. The molecule has 0 radical (unpaired) electrons. The molecule has 1 rings (SSSR count). The van der Waals surface area contributed by atoms with Crippen LogP contribution < -0.4 is 0 Å². The Hall–Kier alpha value is -1.44. The third kappa shape index (κ3) is 3.65. The zero-order valence-electron chi connectivity index (χ0n) is 6.40. The number of hydrogen-bond donors (Lipinski definition) is 0. The fourth-order valence-electron chi connectivity index (χ4n) is 0.731. The molecule has 0 aliphatic heterocycles. The van der Waals surface area contributed by atoms with Gasteiger partial charge < -0.3 is 12.9 Å². The van der Waals surface area contributed by atoms with Crippen LogP contribution in [0.2, 0.25) is 0 Å². The Morgan fingerprint density at radius 2 is 1.85 bits per heavy atom. The predicted molar refractivity (Wildman–Crippen MR) is 42.4 cm³/mol. The summed E-state index contributed by atoms with van der Waals surface area (Å²) < 4.78 is 47.4. The molecule has 68 valence electrons. The fraction of sp³-hybridized carbons (Fsp3) is 0. The summed E-state index contributed by atoms with van der Waals surface area (Å²) in [5.41, 5.74) is 0.0270. The van der Waals surface area contributed by atoms with Crippen molar-refractivity contribution in [2.24, 2.45) is 0 Å². The smallest absolute Gasteiger partial charge is 0.438 e. The molecule has 0 nitrogen and oxygen atoms in total. The topological polar surface area (TPSA) is 0 Å². The largest absolute Gasteiger partial charge is 0.558 e. The van der Waals surface area contributed by atoms with Crippen LogP contribution in [0.25, 0.3) is 0 Å². The lowest BCUT2D eigenvalue weighted by molar-refractivity contribution is 0.504. The van der Waals surface area contributed by atoms with E-state index in [1.165, 1.54) is 12.1 Å². The lowest BCUT2D eigenvalue weighted by Gasteiger charge is -2.02. The molecule has 0 aromatic heterocycles. The van der Waals surface area contributed by atoms with Gasteiger partial charge in [0, 0.05) is 5.56 Å². The molecule has 0 N–H and O–H groups in total. The minimum Gasteiger partial charge on any atom is -0.438 e. The first-order valence-corrected chi connectivity index (χ1v) is 3.45. The lowest BCUT2D eigenvalue weighted by atomic mass is 9.93. The van der Waals surface area contributed by atoms with E-state index in [2.05, 4.69) is 0 Å². The summed E-state index contributed by atoms with van der Waals surface area (Å²) in [7, 11) is 0. The van der Waals surface area contributed by atoms with Gasteiger partial charge in [0.25, 0.3) is 0 Å². The zero-order chi connectivity index (χ0) is 9.90. The molecule has 5 heteroatoms. The van der Waals surface area contributed by atoms with Crippen LogP contribution in [0.4, 0.5) is 17.3 Å². The third-order valence-electron chi connectivity index (χ3n) is 1.20. The van der Waals surface area contributed by atoms with Gasteiger partial charge in [-0.05, 0) is 18.2 Å². The summed E-state index contributed by atoms with van der Waals surface area (Å²) in [6.07, 6.45) is 0. The van der Waals surface area contributed by atoms with Crippen LogP contribution in [-0.2, 0) is 0 Å². The van der Waals surface area contributed by atoms with Crippen molar-refractivity contribution < 1.29 is 17.3 Å². The van der Waals surface area contributed by atoms with Gasteiger partial charge in [0.05, 0.1) is 0 Å². The summed E-state index contributed by atoms with van der Waals surface area (Å²) >= 11 is 0. The second-order valence-electron chi connectivity index (χ2n) is 2.35. The molecule has 0 amide bonds. The van der Waals surface area contributed by atoms with E-state index in [0.29, 0.717) is 0 Å². The second kappa shape index (κ2) is 3.52. The summed E-state index contributed by atoms with van der Waals surface area (Å²) in [5.74, 6) is 2.35. The average molecular weight is 187 g/mol. The van der Waals surface area contributed by atoms with Gasteiger partial charge in [-0.1, -0.05) is 6.07 Å². The van der Waals surface area contributed by atoms with Crippen LogP contribution >= 0.6 is 0 Å². The summed E-state index contributed by atoms with van der Waals surface area (Å²) in [6, 6.07) is 4.72. The SMILES string of the molecule is Fc1cccc(C#C[B-](F)(F)F)c1. The van der Waals surface area contributed by atoms with E-state index in [1.54, 1.807) is 0 Å². The third-order valence-corrected chi connectivity index (χ3v) is 1.20. The van der Waals surface area contributed by atoms with Gasteiger partial charge >= 0.3 is 6.98 Å². The van der Waals surface area contributed by atoms with Crippen molar-refractivity contribution in [3.63, 3.8) is 0 Å². The van der Waals surface area contributed by atoms with E-state index in [9.17, 15) is 17.3 Å². The maximum Gasteiger partial charge on any atom is 0.558 e. The molecule has 0 spiro atoms. The Labute approximate surface area is 72.6 Å². The molecule has 13 heavy (non-hydrogen) atoms. The molecule has 1 aromatic carbocycles. The summed E-state index contributed by atoms with van der Waals surface area (Å²) in [4.78, 5) is 0. The highest BCUT2D eigenvalue weighted by atomic mass is 19.4. The Balaban J connectivity index is 2.90. The molecule has 0 saturated carbocycles. The average Bonchev–Trinajstić information content (AvgIpc) is 2.00. The number of hydrogen-bond acceptors (Lipinski definition) is 0. The minimum atomic E-state index is -5.12.